The predicted molar refractivity (Wildman–Crippen MR) is 78.2 cm³/mol. The fourth-order valence-corrected chi connectivity index (χ4v) is 2.87. The Morgan fingerprint density at radius 2 is 1.91 bits per heavy atom. The molecule has 1 fully saturated rings. The van der Waals surface area contributed by atoms with E-state index in [4.69, 9.17) is 4.84 Å². The molecule has 1 atom stereocenters. The van der Waals surface area contributed by atoms with Crippen LogP contribution >= 0.6 is 0 Å². The second-order valence-corrected chi connectivity index (χ2v) is 5.44. The van der Waals surface area contributed by atoms with Gasteiger partial charge in [-0.25, -0.2) is 20.0 Å². The van der Waals surface area contributed by atoms with Crippen LogP contribution in [0.3, 0.4) is 0 Å². The minimum Gasteiger partial charge on any atom is -0.394 e. The van der Waals surface area contributed by atoms with Gasteiger partial charge < -0.3 is 10.0 Å². The molecule has 1 saturated heterocycles. The number of hydrogen-bond acceptors (Lipinski definition) is 5. The number of hydroxylamine groups is 1. The molecule has 8 nitrogen and oxygen atoms in total. The van der Waals surface area contributed by atoms with Gasteiger partial charge in [0.1, 0.15) is 0 Å². The zero-order chi connectivity index (χ0) is 16.4. The van der Waals surface area contributed by atoms with E-state index in [-0.39, 0.29) is 19.4 Å². The maximum Gasteiger partial charge on any atom is 0.341 e. The van der Waals surface area contributed by atoms with E-state index in [0.717, 1.165) is 17.7 Å². The summed E-state index contributed by atoms with van der Waals surface area (Å²) in [5.41, 5.74) is 2.87. The molecule has 0 bridgehead atoms. The number of rotatable bonds is 4. The standard InChI is InChI=1S/C15H17N3O5/c19-8-10-4-3-7-17(10)15(22)16-23-9-18-13(20)11-5-1-2-6-12(11)14(18)21/h1-2,5-6,10,19H,3-4,7-9H2,(H,16,22). The van der Waals surface area contributed by atoms with Gasteiger partial charge in [-0.15, -0.1) is 0 Å². The number of benzene rings is 1. The Kier molecular flexibility index (Phi) is 4.26. The number of amides is 4. The van der Waals surface area contributed by atoms with Crippen LogP contribution in [0.4, 0.5) is 4.79 Å². The summed E-state index contributed by atoms with van der Waals surface area (Å²) in [5, 5.41) is 9.19. The maximum atomic E-state index is 12.1. The lowest BCUT2D eigenvalue weighted by Crippen LogP contribution is -2.45. The van der Waals surface area contributed by atoms with Crippen LogP contribution in [0.2, 0.25) is 0 Å². The van der Waals surface area contributed by atoms with Crippen LogP contribution in [-0.2, 0) is 4.84 Å². The summed E-state index contributed by atoms with van der Waals surface area (Å²) >= 11 is 0. The highest BCUT2D eigenvalue weighted by Crippen LogP contribution is 2.22. The quantitative estimate of drug-likeness (QED) is 0.616. The van der Waals surface area contributed by atoms with Crippen LogP contribution in [0.1, 0.15) is 33.6 Å². The molecular formula is C15H17N3O5. The Balaban J connectivity index is 1.55. The molecule has 0 spiro atoms. The van der Waals surface area contributed by atoms with Gasteiger partial charge in [0.25, 0.3) is 11.8 Å². The number of fused-ring (bicyclic) bond motifs is 1. The van der Waals surface area contributed by atoms with Crippen LogP contribution in [0.15, 0.2) is 24.3 Å². The third kappa shape index (κ3) is 2.78. The van der Waals surface area contributed by atoms with Gasteiger partial charge in [0.2, 0.25) is 0 Å². The molecular weight excluding hydrogens is 302 g/mol. The van der Waals surface area contributed by atoms with Gasteiger partial charge in [0, 0.05) is 6.54 Å². The minimum atomic E-state index is -0.488. The van der Waals surface area contributed by atoms with E-state index in [1.54, 1.807) is 24.3 Å². The van der Waals surface area contributed by atoms with Gasteiger partial charge >= 0.3 is 6.03 Å². The van der Waals surface area contributed by atoms with Crippen molar-refractivity contribution in [3.8, 4) is 0 Å². The molecule has 0 radical (unpaired) electrons. The van der Waals surface area contributed by atoms with Crippen molar-refractivity contribution in [2.24, 2.45) is 0 Å². The molecule has 8 heteroatoms. The Bertz CT molecular complexity index is 613. The molecule has 2 aliphatic heterocycles. The molecule has 2 heterocycles. The number of imide groups is 1. The fraction of sp³-hybridized carbons (Fsp3) is 0.400. The number of aliphatic hydroxyl groups excluding tert-OH is 1. The van der Waals surface area contributed by atoms with Crippen molar-refractivity contribution in [2.75, 3.05) is 19.9 Å². The molecule has 1 unspecified atom stereocenters. The summed E-state index contributed by atoms with van der Waals surface area (Å²) in [7, 11) is 0. The number of urea groups is 1. The molecule has 23 heavy (non-hydrogen) atoms. The monoisotopic (exact) mass is 319 g/mol. The van der Waals surface area contributed by atoms with Crippen molar-refractivity contribution in [2.45, 2.75) is 18.9 Å². The number of carbonyl (C=O) groups excluding carboxylic acids is 3. The molecule has 1 aromatic carbocycles. The van der Waals surface area contributed by atoms with Crippen molar-refractivity contribution < 1.29 is 24.3 Å². The van der Waals surface area contributed by atoms with E-state index in [1.165, 1.54) is 4.90 Å². The average Bonchev–Trinajstić information content (AvgIpc) is 3.14. The van der Waals surface area contributed by atoms with Gasteiger partial charge in [-0.05, 0) is 25.0 Å². The molecule has 0 saturated carbocycles. The molecule has 0 aliphatic carbocycles. The van der Waals surface area contributed by atoms with Crippen LogP contribution in [-0.4, -0.2) is 58.7 Å². The molecule has 2 N–H and O–H groups in total. The smallest absolute Gasteiger partial charge is 0.341 e. The zero-order valence-corrected chi connectivity index (χ0v) is 12.4. The van der Waals surface area contributed by atoms with Crippen molar-refractivity contribution >= 4 is 17.8 Å². The highest BCUT2D eigenvalue weighted by atomic mass is 16.7. The summed E-state index contributed by atoms with van der Waals surface area (Å²) < 4.78 is 0. The van der Waals surface area contributed by atoms with E-state index in [1.807, 2.05) is 0 Å². The second-order valence-electron chi connectivity index (χ2n) is 5.44. The first-order valence-electron chi connectivity index (χ1n) is 7.38. The molecule has 4 amide bonds. The molecule has 1 aromatic rings. The summed E-state index contributed by atoms with van der Waals surface area (Å²) in [6.45, 7) is 0.0645. The van der Waals surface area contributed by atoms with Crippen molar-refractivity contribution in [1.82, 2.24) is 15.3 Å². The Hall–Kier alpha value is -2.45. The zero-order valence-electron chi connectivity index (χ0n) is 12.4. The summed E-state index contributed by atoms with van der Waals surface area (Å²) in [5.74, 6) is -0.900. The summed E-state index contributed by atoms with van der Waals surface area (Å²) in [6.07, 6.45) is 1.55. The Morgan fingerprint density at radius 3 is 2.52 bits per heavy atom. The van der Waals surface area contributed by atoms with E-state index in [9.17, 15) is 19.5 Å². The largest absolute Gasteiger partial charge is 0.394 e. The van der Waals surface area contributed by atoms with Gasteiger partial charge in [-0.3, -0.25) is 9.59 Å². The van der Waals surface area contributed by atoms with Gasteiger partial charge in [0.05, 0.1) is 23.8 Å². The second kappa shape index (κ2) is 6.35. The van der Waals surface area contributed by atoms with Crippen LogP contribution < -0.4 is 5.48 Å². The van der Waals surface area contributed by atoms with E-state index >= 15 is 0 Å². The number of nitrogens with zero attached hydrogens (tertiary/aromatic N) is 2. The van der Waals surface area contributed by atoms with Crippen LogP contribution in [0.5, 0.6) is 0 Å². The first-order valence-corrected chi connectivity index (χ1v) is 7.38. The van der Waals surface area contributed by atoms with Crippen LogP contribution in [0.25, 0.3) is 0 Å². The lowest BCUT2D eigenvalue weighted by molar-refractivity contribution is -0.0100. The summed E-state index contributed by atoms with van der Waals surface area (Å²) in [4.78, 5) is 43.6. The number of carbonyl (C=O) groups is 3. The van der Waals surface area contributed by atoms with Gasteiger partial charge in [-0.2, -0.15) is 0 Å². The molecule has 122 valence electrons. The van der Waals surface area contributed by atoms with Crippen molar-refractivity contribution in [1.29, 1.82) is 0 Å². The average molecular weight is 319 g/mol. The first kappa shape index (κ1) is 15.4. The van der Waals surface area contributed by atoms with Crippen molar-refractivity contribution in [3.05, 3.63) is 35.4 Å². The summed E-state index contributed by atoms with van der Waals surface area (Å²) in [6, 6.07) is 5.79. The highest BCUT2D eigenvalue weighted by molar-refractivity contribution is 6.21. The Labute approximate surface area is 132 Å². The van der Waals surface area contributed by atoms with Gasteiger partial charge in [0.15, 0.2) is 6.73 Å². The lowest BCUT2D eigenvalue weighted by atomic mass is 10.1. The van der Waals surface area contributed by atoms with E-state index in [2.05, 4.69) is 5.48 Å². The highest BCUT2D eigenvalue weighted by Gasteiger charge is 2.35. The fourth-order valence-electron chi connectivity index (χ4n) is 2.87. The normalized spacial score (nSPS) is 20.1. The predicted octanol–water partition coefficient (Wildman–Crippen LogP) is 0.338. The lowest BCUT2D eigenvalue weighted by Gasteiger charge is -2.23. The maximum absolute atomic E-state index is 12.1. The number of hydrogen-bond donors (Lipinski definition) is 2. The number of nitrogens with one attached hydrogen (secondary N) is 1. The van der Waals surface area contributed by atoms with E-state index < -0.39 is 17.8 Å². The molecule has 0 aromatic heterocycles. The third-order valence-electron chi connectivity index (χ3n) is 4.08. The SMILES string of the molecule is O=C1c2ccccc2C(=O)N1CONC(=O)N1CCCC1CO. The molecule has 3 rings (SSSR count). The first-order chi connectivity index (χ1) is 11.1. The van der Waals surface area contributed by atoms with E-state index in [0.29, 0.717) is 17.7 Å². The van der Waals surface area contributed by atoms with Crippen molar-refractivity contribution in [3.63, 3.8) is 0 Å². The third-order valence-corrected chi connectivity index (χ3v) is 4.08. The van der Waals surface area contributed by atoms with Crippen LogP contribution in [0, 0.1) is 0 Å². The molecule has 2 aliphatic rings. The van der Waals surface area contributed by atoms with Gasteiger partial charge in [-0.1, -0.05) is 12.1 Å². The topological polar surface area (TPSA) is 99.2 Å². The number of aliphatic hydroxyl groups is 1. The number of likely N-dealkylation sites (tertiary alicyclic amines) is 1. The Morgan fingerprint density at radius 1 is 1.26 bits per heavy atom. The minimum absolute atomic E-state index is 0.105.